The number of aromatic nitrogens is 2. The van der Waals surface area contributed by atoms with Crippen molar-refractivity contribution in [1.82, 2.24) is 15.1 Å². The van der Waals surface area contributed by atoms with Crippen LogP contribution in [0.3, 0.4) is 0 Å². The van der Waals surface area contributed by atoms with E-state index in [1.165, 1.54) is 0 Å². The fourth-order valence-corrected chi connectivity index (χ4v) is 2.54. The third-order valence-corrected chi connectivity index (χ3v) is 3.82. The molecule has 0 saturated carbocycles. The Bertz CT molecular complexity index is 745. The molecule has 0 aliphatic rings. The van der Waals surface area contributed by atoms with Crippen LogP contribution in [0.4, 0.5) is 0 Å². The third kappa shape index (κ3) is 4.92. The maximum absolute atomic E-state index is 12.6. The average molecular weight is 343 g/mol. The predicted molar refractivity (Wildman–Crippen MR) is 96.0 cm³/mol. The van der Waals surface area contributed by atoms with E-state index in [2.05, 4.69) is 10.4 Å². The van der Waals surface area contributed by atoms with Crippen molar-refractivity contribution in [3.8, 4) is 5.69 Å². The van der Waals surface area contributed by atoms with Crippen molar-refractivity contribution in [3.63, 3.8) is 0 Å². The number of carbonyl (C=O) groups excluding carboxylic acids is 1. The lowest BCUT2D eigenvalue weighted by Crippen LogP contribution is -2.30. The van der Waals surface area contributed by atoms with E-state index in [9.17, 15) is 9.59 Å². The second-order valence-electron chi connectivity index (χ2n) is 7.33. The highest BCUT2D eigenvalue weighted by atomic mass is 16.4. The zero-order chi connectivity index (χ0) is 18.6. The number of nitrogens with one attached hydrogen (secondary N) is 1. The molecule has 25 heavy (non-hydrogen) atoms. The van der Waals surface area contributed by atoms with Crippen molar-refractivity contribution >= 4 is 11.9 Å². The summed E-state index contributed by atoms with van der Waals surface area (Å²) in [4.78, 5) is 23.4. The molecule has 6 nitrogen and oxygen atoms in total. The fourth-order valence-electron chi connectivity index (χ4n) is 2.54. The third-order valence-electron chi connectivity index (χ3n) is 3.82. The molecule has 0 aliphatic heterocycles. The SMILES string of the molecule is CC(CNC(=O)c1cn(-c2ccccc2)nc1C(C)(C)C)CC(=O)O. The molecular formula is C19H25N3O3. The minimum atomic E-state index is -0.867. The molecule has 0 fully saturated rings. The Hall–Kier alpha value is -2.63. The summed E-state index contributed by atoms with van der Waals surface area (Å²) in [5.41, 5.74) is 1.81. The minimum absolute atomic E-state index is 0.0235. The topological polar surface area (TPSA) is 84.2 Å². The van der Waals surface area contributed by atoms with E-state index >= 15 is 0 Å². The first-order chi connectivity index (χ1) is 11.7. The maximum atomic E-state index is 12.6. The smallest absolute Gasteiger partial charge is 0.303 e. The van der Waals surface area contributed by atoms with Gasteiger partial charge in [0.2, 0.25) is 0 Å². The van der Waals surface area contributed by atoms with Gasteiger partial charge in [-0.25, -0.2) is 4.68 Å². The number of hydrogen-bond donors (Lipinski definition) is 2. The number of benzene rings is 1. The Morgan fingerprint density at radius 2 is 1.88 bits per heavy atom. The van der Waals surface area contributed by atoms with E-state index in [0.717, 1.165) is 5.69 Å². The number of rotatable bonds is 6. The Morgan fingerprint density at radius 1 is 1.24 bits per heavy atom. The molecule has 0 spiro atoms. The van der Waals surface area contributed by atoms with Crippen LogP contribution in [-0.2, 0) is 10.2 Å². The zero-order valence-corrected chi connectivity index (χ0v) is 15.1. The van der Waals surface area contributed by atoms with Gasteiger partial charge >= 0.3 is 5.97 Å². The molecule has 2 rings (SSSR count). The highest BCUT2D eigenvalue weighted by molar-refractivity contribution is 5.95. The quantitative estimate of drug-likeness (QED) is 0.844. The van der Waals surface area contributed by atoms with E-state index in [0.29, 0.717) is 17.8 Å². The minimum Gasteiger partial charge on any atom is -0.481 e. The molecule has 1 amide bonds. The van der Waals surface area contributed by atoms with Crippen LogP contribution in [0.25, 0.3) is 5.69 Å². The van der Waals surface area contributed by atoms with Crippen molar-refractivity contribution in [1.29, 1.82) is 0 Å². The van der Waals surface area contributed by atoms with Gasteiger partial charge in [0.15, 0.2) is 0 Å². The van der Waals surface area contributed by atoms with Crippen LogP contribution in [0.2, 0.25) is 0 Å². The van der Waals surface area contributed by atoms with Crippen molar-refractivity contribution < 1.29 is 14.7 Å². The van der Waals surface area contributed by atoms with Crippen molar-refractivity contribution in [2.45, 2.75) is 39.5 Å². The molecule has 1 aromatic carbocycles. The lowest BCUT2D eigenvalue weighted by atomic mass is 9.89. The summed E-state index contributed by atoms with van der Waals surface area (Å²) in [5.74, 6) is -1.23. The first-order valence-corrected chi connectivity index (χ1v) is 8.34. The van der Waals surface area contributed by atoms with Gasteiger partial charge in [-0.05, 0) is 18.1 Å². The Morgan fingerprint density at radius 3 is 2.44 bits per heavy atom. The highest BCUT2D eigenvalue weighted by Gasteiger charge is 2.26. The van der Waals surface area contributed by atoms with Gasteiger partial charge in [-0.3, -0.25) is 9.59 Å². The van der Waals surface area contributed by atoms with E-state index in [1.54, 1.807) is 17.8 Å². The van der Waals surface area contributed by atoms with Gasteiger partial charge in [0.1, 0.15) is 0 Å². The van der Waals surface area contributed by atoms with Crippen LogP contribution in [-0.4, -0.2) is 33.3 Å². The summed E-state index contributed by atoms with van der Waals surface area (Å²) in [6, 6.07) is 9.61. The number of carboxylic acids is 1. The lowest BCUT2D eigenvalue weighted by molar-refractivity contribution is -0.137. The molecule has 1 aromatic heterocycles. The van der Waals surface area contributed by atoms with Crippen LogP contribution < -0.4 is 5.32 Å². The number of nitrogens with zero attached hydrogens (tertiary/aromatic N) is 2. The van der Waals surface area contributed by atoms with Gasteiger partial charge in [-0.2, -0.15) is 5.10 Å². The monoisotopic (exact) mass is 343 g/mol. The molecule has 2 N–H and O–H groups in total. The van der Waals surface area contributed by atoms with Crippen LogP contribution in [0, 0.1) is 5.92 Å². The van der Waals surface area contributed by atoms with E-state index in [1.807, 2.05) is 51.1 Å². The number of hydrogen-bond acceptors (Lipinski definition) is 3. The molecular weight excluding hydrogens is 318 g/mol. The molecule has 1 atom stereocenters. The van der Waals surface area contributed by atoms with Crippen LogP contribution in [0.15, 0.2) is 36.5 Å². The molecule has 2 aromatic rings. The summed E-state index contributed by atoms with van der Waals surface area (Å²) >= 11 is 0. The number of para-hydroxylation sites is 1. The largest absolute Gasteiger partial charge is 0.481 e. The molecule has 0 bridgehead atoms. The van der Waals surface area contributed by atoms with E-state index in [-0.39, 0.29) is 23.7 Å². The Balaban J connectivity index is 2.25. The standard InChI is InChI=1S/C19H25N3O3/c1-13(10-16(23)24)11-20-18(25)15-12-22(14-8-6-5-7-9-14)21-17(15)19(2,3)4/h5-9,12-13H,10-11H2,1-4H3,(H,20,25)(H,23,24). The summed E-state index contributed by atoms with van der Waals surface area (Å²) in [7, 11) is 0. The molecule has 0 aliphatic carbocycles. The van der Waals surface area contributed by atoms with Gasteiger partial charge < -0.3 is 10.4 Å². The number of carboxylic acid groups (broad SMARTS) is 1. The summed E-state index contributed by atoms with van der Waals surface area (Å²) in [5, 5.41) is 16.3. The van der Waals surface area contributed by atoms with Crippen LogP contribution in [0.1, 0.15) is 50.2 Å². The summed E-state index contributed by atoms with van der Waals surface area (Å²) < 4.78 is 1.70. The fraction of sp³-hybridized carbons (Fsp3) is 0.421. The molecule has 0 saturated heterocycles. The Labute approximate surface area is 147 Å². The second kappa shape index (κ2) is 7.51. The molecule has 0 radical (unpaired) electrons. The number of amides is 1. The average Bonchev–Trinajstić information content (AvgIpc) is 2.98. The summed E-state index contributed by atoms with van der Waals surface area (Å²) in [6.07, 6.45) is 1.75. The van der Waals surface area contributed by atoms with Gasteiger partial charge in [0, 0.05) is 24.6 Å². The molecule has 1 unspecified atom stereocenters. The Kier molecular flexibility index (Phi) is 5.62. The van der Waals surface area contributed by atoms with Crippen LogP contribution in [0.5, 0.6) is 0 Å². The molecule has 1 heterocycles. The van der Waals surface area contributed by atoms with E-state index in [4.69, 9.17) is 5.11 Å². The van der Waals surface area contributed by atoms with E-state index < -0.39 is 5.97 Å². The zero-order valence-electron chi connectivity index (χ0n) is 15.1. The summed E-state index contributed by atoms with van der Waals surface area (Å²) in [6.45, 7) is 8.13. The predicted octanol–water partition coefficient (Wildman–Crippen LogP) is 3.01. The normalized spacial score (nSPS) is 12.6. The highest BCUT2D eigenvalue weighted by Crippen LogP contribution is 2.25. The molecule has 134 valence electrons. The number of aliphatic carboxylic acids is 1. The first kappa shape index (κ1) is 18.7. The van der Waals surface area contributed by atoms with Crippen molar-refractivity contribution in [3.05, 3.63) is 47.8 Å². The first-order valence-electron chi connectivity index (χ1n) is 8.34. The van der Waals surface area contributed by atoms with Crippen LogP contribution >= 0.6 is 0 Å². The van der Waals surface area contributed by atoms with Gasteiger partial charge in [-0.1, -0.05) is 45.9 Å². The lowest BCUT2D eigenvalue weighted by Gasteiger charge is -2.17. The van der Waals surface area contributed by atoms with Gasteiger partial charge in [-0.15, -0.1) is 0 Å². The maximum Gasteiger partial charge on any atom is 0.303 e. The van der Waals surface area contributed by atoms with Gasteiger partial charge in [0.25, 0.3) is 5.91 Å². The van der Waals surface area contributed by atoms with Crippen molar-refractivity contribution in [2.24, 2.45) is 5.92 Å². The molecule has 6 heteroatoms. The second-order valence-corrected chi connectivity index (χ2v) is 7.33. The van der Waals surface area contributed by atoms with Gasteiger partial charge in [0.05, 0.1) is 16.9 Å². The number of carbonyl (C=O) groups is 2. The van der Waals surface area contributed by atoms with Crippen molar-refractivity contribution in [2.75, 3.05) is 6.54 Å².